The van der Waals surface area contributed by atoms with Crippen molar-refractivity contribution in [2.24, 2.45) is 0 Å². The first kappa shape index (κ1) is 36.0. The van der Waals surface area contributed by atoms with E-state index < -0.39 is 56.9 Å². The third-order valence-corrected chi connectivity index (χ3v) is 9.09. The van der Waals surface area contributed by atoms with E-state index in [-0.39, 0.29) is 41.6 Å². The molecule has 3 atom stereocenters. The normalized spacial score (nSPS) is 16.4. The van der Waals surface area contributed by atoms with Gasteiger partial charge in [0.25, 0.3) is 10.0 Å². The number of aromatic nitrogens is 1. The highest BCUT2D eigenvalue weighted by Gasteiger charge is 2.39. The number of ether oxygens (including phenoxy) is 4. The maximum Gasteiger partial charge on any atom is 0.417 e. The molecule has 1 aliphatic heterocycles. The smallest absolute Gasteiger partial charge is 0.417 e. The number of fused-ring (bicyclic) bond motifs is 1. The van der Waals surface area contributed by atoms with Crippen LogP contribution in [-0.2, 0) is 25.7 Å². The Kier molecular flexibility index (Phi) is 11.4. The number of nitrogens with zero attached hydrogens (tertiary/aromatic N) is 2. The molecule has 1 N–H and O–H groups in total. The van der Waals surface area contributed by atoms with E-state index in [1.165, 1.54) is 63.4 Å². The molecule has 4 rings (SSSR count). The molecule has 0 bridgehead atoms. The molecule has 1 aliphatic rings. The highest BCUT2D eigenvalue weighted by atomic mass is 35.5. The van der Waals surface area contributed by atoms with Crippen LogP contribution in [-0.4, -0.2) is 57.3 Å². The molecule has 1 aromatic heterocycles. The average Bonchev–Trinajstić information content (AvgIpc) is 3.01. The minimum Gasteiger partial charge on any atom is -0.502 e. The summed E-state index contributed by atoms with van der Waals surface area (Å²) >= 11 is 6.14. The molecule has 0 aliphatic carbocycles. The van der Waals surface area contributed by atoms with Crippen LogP contribution in [0.15, 0.2) is 65.9 Å². The van der Waals surface area contributed by atoms with Gasteiger partial charge >= 0.3 is 6.18 Å². The first-order valence-electron chi connectivity index (χ1n) is 14.3. The molecule has 0 saturated carbocycles. The molecule has 3 unspecified atom stereocenters. The van der Waals surface area contributed by atoms with Gasteiger partial charge in [-0.2, -0.15) is 13.2 Å². The second kappa shape index (κ2) is 14.9. The van der Waals surface area contributed by atoms with Crippen molar-refractivity contribution in [3.63, 3.8) is 0 Å². The molecular formula is C32H33ClF4N2O7S. The fourth-order valence-corrected chi connectivity index (χ4v) is 6.49. The maximum absolute atomic E-state index is 14.4. The molecule has 254 valence electrons. The van der Waals surface area contributed by atoms with Crippen molar-refractivity contribution in [1.29, 1.82) is 0 Å². The van der Waals surface area contributed by atoms with Gasteiger partial charge in [-0.15, -0.1) is 0 Å². The fraction of sp³-hybridized carbons (Fsp3) is 0.344. The van der Waals surface area contributed by atoms with Gasteiger partial charge in [0.1, 0.15) is 24.3 Å². The van der Waals surface area contributed by atoms with Gasteiger partial charge in [-0.1, -0.05) is 36.4 Å². The number of pyridine rings is 1. The Morgan fingerprint density at radius 3 is 2.64 bits per heavy atom. The number of aliphatic hydroxyl groups is 1. The van der Waals surface area contributed by atoms with Gasteiger partial charge in [-0.05, 0) is 62.2 Å². The minimum atomic E-state index is -4.92. The topological polar surface area (TPSA) is 107 Å². The molecule has 15 heteroatoms. The molecular weight excluding hydrogens is 668 g/mol. The number of alkyl halides is 3. The standard InChI is InChI=1S/C32H33ClF4N2O7S/c1-19(43-4)8-11-24-17-39(28-14-22(10-13-29(28)46-24)9-12-25-26(33)6-5-7-27(25)34)47(41,42)30-15-23(32(35,36)37)16-38-31(30)44-18-20(2)45-21(3)40/h5-7,9-10,12-16,20-21,24,40H,1,8,11,17-18H2,2-4H3. The van der Waals surface area contributed by atoms with Crippen molar-refractivity contribution in [2.45, 2.75) is 56.3 Å². The highest BCUT2D eigenvalue weighted by molar-refractivity contribution is 7.93. The van der Waals surface area contributed by atoms with E-state index in [2.05, 4.69) is 11.6 Å². The van der Waals surface area contributed by atoms with Gasteiger partial charge < -0.3 is 24.1 Å². The van der Waals surface area contributed by atoms with Crippen molar-refractivity contribution < 1.29 is 50.0 Å². The van der Waals surface area contributed by atoms with Crippen molar-refractivity contribution >= 4 is 39.5 Å². The molecule has 3 aromatic rings. The van der Waals surface area contributed by atoms with Crippen LogP contribution in [0, 0.1) is 5.82 Å². The van der Waals surface area contributed by atoms with E-state index in [0.29, 0.717) is 30.0 Å². The van der Waals surface area contributed by atoms with Crippen LogP contribution in [0.3, 0.4) is 0 Å². The van der Waals surface area contributed by atoms with E-state index in [1.54, 1.807) is 6.07 Å². The van der Waals surface area contributed by atoms with Crippen LogP contribution in [0.4, 0.5) is 23.2 Å². The number of allylic oxidation sites excluding steroid dienone is 1. The summed E-state index contributed by atoms with van der Waals surface area (Å²) < 4.78 is 107. The van der Waals surface area contributed by atoms with E-state index >= 15 is 0 Å². The van der Waals surface area contributed by atoms with Crippen molar-refractivity contribution in [3.8, 4) is 11.6 Å². The van der Waals surface area contributed by atoms with E-state index in [0.717, 1.165) is 4.31 Å². The molecule has 2 heterocycles. The van der Waals surface area contributed by atoms with Crippen molar-refractivity contribution in [3.05, 3.63) is 88.5 Å². The predicted molar refractivity (Wildman–Crippen MR) is 168 cm³/mol. The summed E-state index contributed by atoms with van der Waals surface area (Å²) in [6.07, 6.45) is -3.63. The lowest BCUT2D eigenvalue weighted by atomic mass is 10.1. The number of sulfonamides is 1. The highest BCUT2D eigenvalue weighted by Crippen LogP contribution is 2.42. The van der Waals surface area contributed by atoms with Crippen molar-refractivity contribution in [2.75, 3.05) is 24.6 Å². The van der Waals surface area contributed by atoms with Gasteiger partial charge in [0.2, 0.25) is 5.88 Å². The Balaban J connectivity index is 1.80. The molecule has 0 spiro atoms. The number of halogens is 5. The summed E-state index contributed by atoms with van der Waals surface area (Å²) in [5.41, 5.74) is -0.767. The number of methoxy groups -OCH3 is 1. The number of rotatable bonds is 13. The number of hydrogen-bond acceptors (Lipinski definition) is 8. The monoisotopic (exact) mass is 700 g/mol. The lowest BCUT2D eigenvalue weighted by Gasteiger charge is -2.36. The Bertz CT molecular complexity index is 1710. The van der Waals surface area contributed by atoms with Gasteiger partial charge in [-0.3, -0.25) is 4.31 Å². The van der Waals surface area contributed by atoms with Crippen molar-refractivity contribution in [1.82, 2.24) is 4.98 Å². The SMILES string of the molecule is C=C(CCC1CN(S(=O)(=O)c2cc(C(F)(F)F)cnc2OCC(C)OC(C)O)c2cc(C=Cc3c(F)cccc3Cl)ccc2O1)OC. The second-order valence-corrected chi connectivity index (χ2v) is 12.9. The first-order chi connectivity index (χ1) is 22.1. The third kappa shape index (κ3) is 8.95. The minimum absolute atomic E-state index is 0.0165. The van der Waals surface area contributed by atoms with E-state index in [1.807, 2.05) is 0 Å². The molecule has 2 aromatic carbocycles. The second-order valence-electron chi connectivity index (χ2n) is 10.6. The Hall–Kier alpha value is -3.85. The van der Waals surface area contributed by atoms with Gasteiger partial charge in [0.05, 0.1) is 41.8 Å². The Labute approximate surface area is 275 Å². The summed E-state index contributed by atoms with van der Waals surface area (Å²) in [6, 6.07) is 9.22. The zero-order chi connectivity index (χ0) is 34.5. The first-order valence-corrected chi connectivity index (χ1v) is 16.1. The third-order valence-electron chi connectivity index (χ3n) is 6.99. The Morgan fingerprint density at radius 1 is 1.23 bits per heavy atom. The van der Waals surface area contributed by atoms with Crippen LogP contribution in [0.25, 0.3) is 12.2 Å². The summed E-state index contributed by atoms with van der Waals surface area (Å²) in [6.45, 7) is 6.02. The summed E-state index contributed by atoms with van der Waals surface area (Å²) in [4.78, 5) is 2.87. The molecule has 0 radical (unpaired) electrons. The van der Waals surface area contributed by atoms with Crippen LogP contribution in [0.5, 0.6) is 11.6 Å². The predicted octanol–water partition coefficient (Wildman–Crippen LogP) is 7.08. The summed E-state index contributed by atoms with van der Waals surface area (Å²) in [5.74, 6) is -0.609. The summed E-state index contributed by atoms with van der Waals surface area (Å²) in [5, 5.41) is 9.65. The van der Waals surface area contributed by atoms with Gasteiger partial charge in [0.15, 0.2) is 11.2 Å². The lowest BCUT2D eigenvalue weighted by molar-refractivity contribution is -0.138. The molecule has 0 fully saturated rings. The number of anilines is 1. The average molecular weight is 701 g/mol. The van der Waals surface area contributed by atoms with E-state index in [4.69, 9.17) is 30.5 Å². The number of benzene rings is 2. The van der Waals surface area contributed by atoms with Gasteiger partial charge in [-0.25, -0.2) is 17.8 Å². The molecule has 9 nitrogen and oxygen atoms in total. The number of aliphatic hydroxyl groups excluding tert-OH is 1. The number of hydrogen-bond donors (Lipinski definition) is 1. The Morgan fingerprint density at radius 2 is 1.98 bits per heavy atom. The fourth-order valence-electron chi connectivity index (χ4n) is 4.65. The molecule has 47 heavy (non-hydrogen) atoms. The van der Waals surface area contributed by atoms with Gasteiger partial charge in [0, 0.05) is 18.2 Å². The van der Waals surface area contributed by atoms with Crippen LogP contribution in [0.1, 0.15) is 43.4 Å². The van der Waals surface area contributed by atoms with E-state index in [9.17, 15) is 31.1 Å². The molecule has 0 saturated heterocycles. The van der Waals surface area contributed by atoms with Crippen LogP contribution >= 0.6 is 11.6 Å². The largest absolute Gasteiger partial charge is 0.502 e. The lowest BCUT2D eigenvalue weighted by Crippen LogP contribution is -2.44. The van der Waals surface area contributed by atoms with Crippen LogP contribution < -0.4 is 13.8 Å². The molecule has 0 amide bonds. The summed E-state index contributed by atoms with van der Waals surface area (Å²) in [7, 11) is -3.38. The maximum atomic E-state index is 14.4. The van der Waals surface area contributed by atoms with Crippen LogP contribution in [0.2, 0.25) is 5.02 Å². The quantitative estimate of drug-likeness (QED) is 0.0873. The zero-order valence-corrected chi connectivity index (χ0v) is 27.2. The zero-order valence-electron chi connectivity index (χ0n) is 25.6.